The molecule has 0 N–H and O–H groups in total. The van der Waals surface area contributed by atoms with Gasteiger partial charge in [0.1, 0.15) is 22.7 Å². The predicted octanol–water partition coefficient (Wildman–Crippen LogP) is 18.1. The van der Waals surface area contributed by atoms with E-state index in [1.165, 1.54) is 67.1 Å². The summed E-state index contributed by atoms with van der Waals surface area (Å²) in [5, 5.41) is 2.20. The van der Waals surface area contributed by atoms with Crippen LogP contribution in [0.5, 0.6) is 0 Å². The maximum Gasteiger partial charge on any atom is 0.252 e. The molecule has 0 fully saturated rings. The van der Waals surface area contributed by atoms with Gasteiger partial charge in [-0.2, -0.15) is 0 Å². The van der Waals surface area contributed by atoms with Crippen molar-refractivity contribution in [1.82, 2.24) is 0 Å². The van der Waals surface area contributed by atoms with E-state index in [4.69, 9.17) is 8.83 Å². The van der Waals surface area contributed by atoms with Crippen LogP contribution in [0.4, 0.5) is 34.1 Å². The third-order valence-electron chi connectivity index (χ3n) is 15.9. The Hall–Kier alpha value is -8.28. The summed E-state index contributed by atoms with van der Waals surface area (Å²) in [7, 11) is 0. The molecule has 0 amide bonds. The molecule has 0 aliphatic carbocycles. The second kappa shape index (κ2) is 17.4. The lowest BCUT2D eigenvalue weighted by molar-refractivity contribution is 0.568. The largest absolute Gasteiger partial charge is 0.456 e. The fourth-order valence-electron chi connectivity index (χ4n) is 11.7. The van der Waals surface area contributed by atoms with E-state index in [9.17, 15) is 0 Å². The van der Waals surface area contributed by atoms with Crippen LogP contribution < -0.4 is 26.2 Å². The average Bonchev–Trinajstić information content (AvgIpc) is 4.20. The van der Waals surface area contributed by atoms with Gasteiger partial charge in [0.2, 0.25) is 0 Å². The third kappa shape index (κ3) is 8.16. The van der Waals surface area contributed by atoms with Crippen molar-refractivity contribution in [3.63, 3.8) is 0 Å². The second-order valence-electron chi connectivity index (χ2n) is 24.4. The number of benzene rings is 9. The maximum atomic E-state index is 6.44. The van der Waals surface area contributed by atoms with Crippen molar-refractivity contribution in [2.45, 2.75) is 85.5 Å². The van der Waals surface area contributed by atoms with Gasteiger partial charge < -0.3 is 18.6 Å². The molecule has 2 aliphatic heterocycles. The summed E-state index contributed by atoms with van der Waals surface area (Å²) in [5.41, 5.74) is 24.4. The number of anilines is 6. The number of para-hydroxylation sites is 2. The summed E-state index contributed by atoms with van der Waals surface area (Å²) in [6.45, 7) is 23.3. The van der Waals surface area contributed by atoms with Crippen LogP contribution >= 0.6 is 0 Å². The molecule has 13 rings (SSSR count). The molecule has 0 saturated carbocycles. The van der Waals surface area contributed by atoms with Crippen LogP contribution in [0, 0.1) is 6.92 Å². The van der Waals surface area contributed by atoms with Crippen LogP contribution in [0.25, 0.3) is 66.8 Å². The van der Waals surface area contributed by atoms with E-state index >= 15 is 0 Å². The molecule has 4 nitrogen and oxygen atoms in total. The fraction of sp³-hybridized carbons (Fsp3) is 0.183. The van der Waals surface area contributed by atoms with E-state index in [1.54, 1.807) is 0 Å². The lowest BCUT2D eigenvalue weighted by Crippen LogP contribution is -2.61. The molecule has 0 radical (unpaired) electrons. The van der Waals surface area contributed by atoms with Crippen molar-refractivity contribution in [2.24, 2.45) is 0 Å². The van der Waals surface area contributed by atoms with Gasteiger partial charge in [0.15, 0.2) is 0 Å². The molecule has 2 aromatic heterocycles. The zero-order chi connectivity index (χ0) is 52.4. The lowest BCUT2D eigenvalue weighted by Gasteiger charge is -2.45. The first-order chi connectivity index (χ1) is 36.4. The molecule has 9 aromatic carbocycles. The Morgan fingerprint density at radius 2 is 0.842 bits per heavy atom. The van der Waals surface area contributed by atoms with Gasteiger partial charge in [-0.05, 0) is 169 Å². The van der Waals surface area contributed by atoms with Crippen LogP contribution in [0.15, 0.2) is 209 Å². The highest BCUT2D eigenvalue weighted by atomic mass is 16.3. The van der Waals surface area contributed by atoms with Gasteiger partial charge >= 0.3 is 0 Å². The quantitative estimate of drug-likeness (QED) is 0.155. The number of nitrogens with zero attached hydrogens (tertiary/aromatic N) is 2. The lowest BCUT2D eigenvalue weighted by atomic mass is 9.33. The number of furan rings is 2. The van der Waals surface area contributed by atoms with Gasteiger partial charge in [-0.1, -0.05) is 178 Å². The van der Waals surface area contributed by atoms with Crippen molar-refractivity contribution in [3.05, 3.63) is 222 Å². The van der Waals surface area contributed by atoms with Gasteiger partial charge in [0, 0.05) is 56.0 Å². The SMILES string of the molecule is Cc1cc2c3c(c1)N(c1cccc(-c4cccc(-c5cc6ccccc6o5)c4)c1)c1cc(-c4cccc(-c5cc6ccccc6o5)c4)ccc1B3c1cc(C(C)(C)C)ccc1N2c1cc(C(C)(C)C)cc(C(C)(C)C)c1. The molecule has 2 aliphatic rings. The third-order valence-corrected chi connectivity index (χ3v) is 15.9. The molecule has 4 heterocycles. The number of fused-ring (bicyclic) bond motifs is 6. The summed E-state index contributed by atoms with van der Waals surface area (Å²) < 4.78 is 12.8. The molecule has 0 atom stereocenters. The highest BCUT2D eigenvalue weighted by molar-refractivity contribution is 7.00. The zero-order valence-electron chi connectivity index (χ0n) is 45.3. The highest BCUT2D eigenvalue weighted by Crippen LogP contribution is 2.48. The molecule has 0 bridgehead atoms. The summed E-state index contributed by atoms with van der Waals surface area (Å²) >= 11 is 0. The van der Waals surface area contributed by atoms with Crippen LogP contribution in [0.3, 0.4) is 0 Å². The Balaban J connectivity index is 1.05. The van der Waals surface area contributed by atoms with E-state index in [-0.39, 0.29) is 23.0 Å². The smallest absolute Gasteiger partial charge is 0.252 e. The summed E-state index contributed by atoms with van der Waals surface area (Å²) in [6, 6.07) is 74.2. The van der Waals surface area contributed by atoms with Crippen molar-refractivity contribution in [3.8, 4) is 44.9 Å². The second-order valence-corrected chi connectivity index (χ2v) is 24.4. The Bertz CT molecular complexity index is 4010. The molecule has 5 heteroatoms. The van der Waals surface area contributed by atoms with Gasteiger partial charge in [-0.25, -0.2) is 0 Å². The van der Waals surface area contributed by atoms with E-state index in [2.05, 4.69) is 255 Å². The fourth-order valence-corrected chi connectivity index (χ4v) is 11.7. The number of hydrogen-bond acceptors (Lipinski definition) is 4. The van der Waals surface area contributed by atoms with Gasteiger partial charge in [0.05, 0.1) is 0 Å². The van der Waals surface area contributed by atoms with Crippen molar-refractivity contribution in [2.75, 3.05) is 9.80 Å². The molecule has 11 aromatic rings. The van der Waals surface area contributed by atoms with Crippen LogP contribution in [-0.4, -0.2) is 6.71 Å². The van der Waals surface area contributed by atoms with Gasteiger partial charge in [0.25, 0.3) is 6.71 Å². The van der Waals surface area contributed by atoms with E-state index in [1.807, 2.05) is 24.3 Å². The molecule has 0 saturated heterocycles. The first-order valence-corrected chi connectivity index (χ1v) is 26.9. The number of aryl methyl sites for hydroxylation is 1. The topological polar surface area (TPSA) is 32.8 Å². The summed E-state index contributed by atoms with van der Waals surface area (Å²) in [6.07, 6.45) is 0. The van der Waals surface area contributed by atoms with Gasteiger partial charge in [-0.15, -0.1) is 0 Å². The molecule has 0 spiro atoms. The minimum Gasteiger partial charge on any atom is -0.456 e. The summed E-state index contributed by atoms with van der Waals surface area (Å²) in [5.74, 6) is 1.72. The van der Waals surface area contributed by atoms with Crippen molar-refractivity contribution < 1.29 is 8.83 Å². The Morgan fingerprint density at radius 3 is 1.39 bits per heavy atom. The van der Waals surface area contributed by atoms with Crippen LogP contribution in [-0.2, 0) is 16.2 Å². The average molecular weight is 987 g/mol. The van der Waals surface area contributed by atoms with E-state index < -0.39 is 0 Å². The minimum atomic E-state index is -0.0673. The molecular weight excluding hydrogens is 924 g/mol. The maximum absolute atomic E-state index is 6.44. The van der Waals surface area contributed by atoms with Crippen molar-refractivity contribution in [1.29, 1.82) is 0 Å². The number of rotatable bonds is 6. The van der Waals surface area contributed by atoms with E-state index in [0.29, 0.717) is 0 Å². The highest BCUT2D eigenvalue weighted by Gasteiger charge is 2.44. The summed E-state index contributed by atoms with van der Waals surface area (Å²) in [4.78, 5) is 5.15. The minimum absolute atomic E-state index is 0.0436. The van der Waals surface area contributed by atoms with E-state index in [0.717, 1.165) is 72.5 Å². The molecule has 76 heavy (non-hydrogen) atoms. The molecular formula is C71H63BN2O2. The monoisotopic (exact) mass is 986 g/mol. The number of hydrogen-bond donors (Lipinski definition) is 0. The zero-order valence-corrected chi connectivity index (χ0v) is 45.3. The molecule has 372 valence electrons. The van der Waals surface area contributed by atoms with Crippen LogP contribution in [0.2, 0.25) is 0 Å². The normalized spacial score (nSPS) is 13.3. The van der Waals surface area contributed by atoms with Crippen molar-refractivity contribution >= 4 is 79.2 Å². The van der Waals surface area contributed by atoms with Gasteiger partial charge in [-0.3, -0.25) is 0 Å². The first-order valence-electron chi connectivity index (χ1n) is 26.9. The predicted molar refractivity (Wildman–Crippen MR) is 323 cm³/mol. The molecule has 0 unspecified atom stereocenters. The Labute approximate surface area is 448 Å². The Kier molecular flexibility index (Phi) is 10.9. The van der Waals surface area contributed by atoms with Crippen LogP contribution in [0.1, 0.15) is 84.6 Å². The first kappa shape index (κ1) is 47.4. The standard InChI is InChI=1S/C71H63BN2O2/c1-44-32-62-68-63(33-44)74(57-41-54(70(5,6)7)40-55(42-57)71(8,9)10)60-31-29-53(69(2,3)4)43-59(60)72(68)58-30-28-48(46-21-16-24-50(35-46)67-39-52-19-12-14-27-65(52)76-67)37-61(58)73(62)56-25-17-22-47(36-56)45-20-15-23-49(34-45)66-38-51-18-11-13-26-64(51)75-66/h11-43H,1-10H3. The Morgan fingerprint density at radius 1 is 0.342 bits per heavy atom.